The van der Waals surface area contributed by atoms with Gasteiger partial charge in [-0.2, -0.15) is 0 Å². The van der Waals surface area contributed by atoms with Gasteiger partial charge in [0.25, 0.3) is 0 Å². The fourth-order valence-electron chi connectivity index (χ4n) is 3.20. The Morgan fingerprint density at radius 3 is 2.39 bits per heavy atom. The average Bonchev–Trinajstić information content (AvgIpc) is 2.62. The number of carbonyl (C=O) groups excluding carboxylic acids is 1. The monoisotopic (exact) mass is 381 g/mol. The van der Waals surface area contributed by atoms with Crippen LogP contribution in [-0.2, 0) is 28.9 Å². The molecular formula is C23H24FNO3. The van der Waals surface area contributed by atoms with Gasteiger partial charge >= 0.3 is 5.97 Å². The summed E-state index contributed by atoms with van der Waals surface area (Å²) < 4.78 is 20.4. The van der Waals surface area contributed by atoms with Gasteiger partial charge in [-0.15, -0.1) is 0 Å². The van der Waals surface area contributed by atoms with E-state index in [1.54, 1.807) is 30.3 Å². The largest absolute Gasteiger partial charge is 0.459 e. The van der Waals surface area contributed by atoms with E-state index in [2.05, 4.69) is 0 Å². The van der Waals surface area contributed by atoms with Gasteiger partial charge in [-0.3, -0.25) is 9.59 Å². The summed E-state index contributed by atoms with van der Waals surface area (Å²) in [6.45, 7) is 5.49. The predicted molar refractivity (Wildman–Crippen MR) is 108 cm³/mol. The molecule has 0 amide bonds. The molecule has 3 rings (SSSR count). The van der Waals surface area contributed by atoms with Gasteiger partial charge in [-0.05, 0) is 63.4 Å². The van der Waals surface area contributed by atoms with Gasteiger partial charge in [-0.25, -0.2) is 4.39 Å². The number of halogens is 1. The highest BCUT2D eigenvalue weighted by Gasteiger charge is 2.19. The van der Waals surface area contributed by atoms with Crippen LogP contribution in [0.4, 0.5) is 4.39 Å². The van der Waals surface area contributed by atoms with Crippen LogP contribution in [0.25, 0.3) is 10.9 Å². The van der Waals surface area contributed by atoms with Crippen LogP contribution in [0.1, 0.15) is 32.0 Å². The zero-order chi connectivity index (χ0) is 20.3. The molecule has 0 aliphatic carbocycles. The molecule has 0 fully saturated rings. The summed E-state index contributed by atoms with van der Waals surface area (Å²) in [6, 6.07) is 15.1. The van der Waals surface area contributed by atoms with Crippen LogP contribution >= 0.6 is 0 Å². The fourth-order valence-corrected chi connectivity index (χ4v) is 3.20. The van der Waals surface area contributed by atoms with E-state index < -0.39 is 5.60 Å². The molecule has 3 aromatic rings. The Kier molecular flexibility index (Phi) is 5.63. The number of hydrogen-bond donors (Lipinski definition) is 0. The van der Waals surface area contributed by atoms with Crippen LogP contribution in [-0.4, -0.2) is 16.1 Å². The van der Waals surface area contributed by atoms with Crippen molar-refractivity contribution in [2.45, 2.75) is 45.8 Å². The number of esters is 1. The highest BCUT2D eigenvalue weighted by Crippen LogP contribution is 2.17. The van der Waals surface area contributed by atoms with Gasteiger partial charge in [0.2, 0.25) is 0 Å². The molecule has 0 bridgehead atoms. The Bertz CT molecular complexity index is 1050. The first-order valence-corrected chi connectivity index (χ1v) is 9.31. The lowest BCUT2D eigenvalue weighted by Crippen LogP contribution is -2.28. The molecule has 28 heavy (non-hydrogen) atoms. The first kappa shape index (κ1) is 19.8. The van der Waals surface area contributed by atoms with Crippen molar-refractivity contribution < 1.29 is 13.9 Å². The van der Waals surface area contributed by atoms with Crippen molar-refractivity contribution in [1.82, 2.24) is 4.57 Å². The second-order valence-corrected chi connectivity index (χ2v) is 7.82. The zero-order valence-corrected chi connectivity index (χ0v) is 16.4. The molecule has 0 N–H and O–H groups in total. The molecule has 2 aromatic carbocycles. The minimum Gasteiger partial charge on any atom is -0.459 e. The van der Waals surface area contributed by atoms with Gasteiger partial charge in [0.15, 0.2) is 5.43 Å². The van der Waals surface area contributed by atoms with Crippen LogP contribution in [0.15, 0.2) is 59.4 Å². The van der Waals surface area contributed by atoms with Crippen molar-refractivity contribution >= 4 is 16.9 Å². The quantitative estimate of drug-likeness (QED) is 0.620. The maximum atomic E-state index is 13.1. The Hall–Kier alpha value is -2.95. The van der Waals surface area contributed by atoms with Crippen LogP contribution in [0.3, 0.4) is 0 Å². The highest BCUT2D eigenvalue weighted by atomic mass is 19.1. The van der Waals surface area contributed by atoms with Crippen molar-refractivity contribution in [3.05, 3.63) is 81.9 Å². The minimum absolute atomic E-state index is 0.0246. The van der Waals surface area contributed by atoms with E-state index >= 15 is 0 Å². The van der Waals surface area contributed by atoms with Gasteiger partial charge in [0.1, 0.15) is 18.0 Å². The molecule has 1 heterocycles. The first-order valence-electron chi connectivity index (χ1n) is 9.31. The van der Waals surface area contributed by atoms with E-state index in [4.69, 9.17) is 4.74 Å². The Balaban J connectivity index is 1.96. The number of rotatable bonds is 5. The van der Waals surface area contributed by atoms with Crippen LogP contribution < -0.4 is 5.43 Å². The van der Waals surface area contributed by atoms with Crippen molar-refractivity contribution in [2.75, 3.05) is 0 Å². The second kappa shape index (κ2) is 7.97. The normalized spacial score (nSPS) is 11.6. The van der Waals surface area contributed by atoms with Crippen molar-refractivity contribution in [3.8, 4) is 0 Å². The molecule has 0 spiro atoms. The van der Waals surface area contributed by atoms with E-state index in [0.29, 0.717) is 23.7 Å². The standard InChI is InChI=1S/C23H24FNO3/c1-23(2,3)28-22(27)15-25-18(13-10-16-8-11-17(24)12-9-16)14-21(26)19-6-4-5-7-20(19)25/h4-9,11-12,14H,10,13,15H2,1-3H3. The number of pyridine rings is 1. The molecule has 1 aromatic heterocycles. The second-order valence-electron chi connectivity index (χ2n) is 7.82. The third kappa shape index (κ3) is 4.85. The first-order chi connectivity index (χ1) is 13.2. The smallest absolute Gasteiger partial charge is 0.326 e. The summed E-state index contributed by atoms with van der Waals surface area (Å²) in [5.41, 5.74) is 1.75. The Morgan fingerprint density at radius 1 is 1.04 bits per heavy atom. The third-order valence-corrected chi connectivity index (χ3v) is 4.40. The minimum atomic E-state index is -0.583. The number of carbonyl (C=O) groups is 1. The summed E-state index contributed by atoms with van der Waals surface area (Å²) >= 11 is 0. The fraction of sp³-hybridized carbons (Fsp3) is 0.304. The van der Waals surface area contributed by atoms with Gasteiger partial charge in [0.05, 0.1) is 5.52 Å². The van der Waals surface area contributed by atoms with E-state index in [0.717, 1.165) is 11.3 Å². The predicted octanol–water partition coefficient (Wildman–Crippen LogP) is 4.27. The number of aromatic nitrogens is 1. The molecule has 0 unspecified atom stereocenters. The molecule has 0 radical (unpaired) electrons. The van der Waals surface area contributed by atoms with Crippen molar-refractivity contribution in [3.63, 3.8) is 0 Å². The summed E-state index contributed by atoms with van der Waals surface area (Å²) in [5, 5.41) is 0.566. The molecule has 146 valence electrons. The van der Waals surface area contributed by atoms with Gasteiger partial charge in [0, 0.05) is 17.1 Å². The lowest BCUT2D eigenvalue weighted by Gasteiger charge is -2.22. The maximum Gasteiger partial charge on any atom is 0.326 e. The van der Waals surface area contributed by atoms with Gasteiger partial charge in [-0.1, -0.05) is 24.3 Å². The molecule has 0 aliphatic heterocycles. The van der Waals surface area contributed by atoms with Crippen LogP contribution in [0.5, 0.6) is 0 Å². The molecule has 5 heteroatoms. The lowest BCUT2D eigenvalue weighted by atomic mass is 10.1. The number of aryl methyl sites for hydroxylation is 2. The topological polar surface area (TPSA) is 48.3 Å². The molecule has 4 nitrogen and oxygen atoms in total. The number of nitrogens with zero attached hydrogens (tertiary/aromatic N) is 1. The van der Waals surface area contributed by atoms with E-state index in [9.17, 15) is 14.0 Å². The number of hydrogen-bond acceptors (Lipinski definition) is 3. The summed E-state index contributed by atoms with van der Waals surface area (Å²) in [6.07, 6.45) is 1.18. The molecule has 0 atom stereocenters. The molecular weight excluding hydrogens is 357 g/mol. The maximum absolute atomic E-state index is 13.1. The molecule has 0 aliphatic rings. The van der Waals surface area contributed by atoms with Crippen LogP contribution in [0.2, 0.25) is 0 Å². The Morgan fingerprint density at radius 2 is 1.71 bits per heavy atom. The third-order valence-electron chi connectivity index (χ3n) is 4.40. The molecule has 0 saturated heterocycles. The zero-order valence-electron chi connectivity index (χ0n) is 16.4. The summed E-state index contributed by atoms with van der Waals surface area (Å²) in [7, 11) is 0. The van der Waals surface area contributed by atoms with E-state index in [-0.39, 0.29) is 23.8 Å². The van der Waals surface area contributed by atoms with Crippen molar-refractivity contribution in [1.29, 1.82) is 0 Å². The SMILES string of the molecule is CC(C)(C)OC(=O)Cn1c(CCc2ccc(F)cc2)cc(=O)c2ccccc21. The molecule has 0 saturated carbocycles. The van der Waals surface area contributed by atoms with Crippen molar-refractivity contribution in [2.24, 2.45) is 0 Å². The average molecular weight is 381 g/mol. The number of ether oxygens (including phenoxy) is 1. The van der Waals surface area contributed by atoms with E-state index in [1.165, 1.54) is 12.1 Å². The van der Waals surface area contributed by atoms with Gasteiger partial charge < -0.3 is 9.30 Å². The van der Waals surface area contributed by atoms with Crippen LogP contribution in [0, 0.1) is 5.82 Å². The number of benzene rings is 2. The van der Waals surface area contributed by atoms with E-state index in [1.807, 2.05) is 37.5 Å². The Labute approximate surface area is 163 Å². The summed E-state index contributed by atoms with van der Waals surface area (Å²) in [4.78, 5) is 25.0. The lowest BCUT2D eigenvalue weighted by molar-refractivity contribution is -0.155. The summed E-state index contributed by atoms with van der Waals surface area (Å²) in [5.74, 6) is -0.638. The highest BCUT2D eigenvalue weighted by molar-refractivity contribution is 5.81. The number of para-hydroxylation sites is 1. The number of fused-ring (bicyclic) bond motifs is 1.